The minimum absolute atomic E-state index is 0.0247. The van der Waals surface area contributed by atoms with Gasteiger partial charge in [0.15, 0.2) is 0 Å². The Bertz CT molecular complexity index is 1370. The molecule has 0 radical (unpaired) electrons. The number of nitro groups is 2. The van der Waals surface area contributed by atoms with Crippen LogP contribution in [-0.2, 0) is 11.3 Å². The van der Waals surface area contributed by atoms with Crippen LogP contribution in [0.15, 0.2) is 72.4 Å². The van der Waals surface area contributed by atoms with E-state index in [-0.39, 0.29) is 23.7 Å². The number of halogens is 1. The van der Waals surface area contributed by atoms with E-state index in [0.29, 0.717) is 11.1 Å². The molecule has 3 aromatic rings. The van der Waals surface area contributed by atoms with Gasteiger partial charge in [0, 0.05) is 6.07 Å². The Morgan fingerprint density at radius 2 is 1.63 bits per heavy atom. The fourth-order valence-corrected chi connectivity index (χ4v) is 3.26. The number of nitrogens with zero attached hydrogens (tertiary/aromatic N) is 3. The number of benzene rings is 3. The molecule has 3 amide bonds. The normalized spacial score (nSPS) is 14.2. The van der Waals surface area contributed by atoms with Gasteiger partial charge in [0.1, 0.15) is 17.3 Å². The number of nitrogens with one attached hydrogen (secondary N) is 1. The molecule has 0 aromatic heterocycles. The van der Waals surface area contributed by atoms with Crippen molar-refractivity contribution in [2.24, 2.45) is 0 Å². The summed E-state index contributed by atoms with van der Waals surface area (Å²) < 4.78 is 18.6. The molecular formula is C23H15FN4O7. The Morgan fingerprint density at radius 3 is 2.26 bits per heavy atom. The average molecular weight is 478 g/mol. The zero-order valence-corrected chi connectivity index (χ0v) is 17.7. The molecule has 3 aromatic carbocycles. The highest BCUT2D eigenvalue weighted by molar-refractivity contribution is 6.13. The molecule has 0 unspecified atom stereocenters. The molecule has 1 aliphatic heterocycles. The molecule has 1 saturated heterocycles. The van der Waals surface area contributed by atoms with Crippen LogP contribution in [0.2, 0.25) is 0 Å². The molecule has 0 bridgehead atoms. The third-order valence-corrected chi connectivity index (χ3v) is 4.99. The van der Waals surface area contributed by atoms with Crippen molar-refractivity contribution in [3.05, 3.63) is 110 Å². The predicted molar refractivity (Wildman–Crippen MR) is 120 cm³/mol. The van der Waals surface area contributed by atoms with Gasteiger partial charge in [-0.25, -0.2) is 9.18 Å². The summed E-state index contributed by atoms with van der Waals surface area (Å²) in [6.07, 6.45) is 1.45. The second-order valence-corrected chi connectivity index (χ2v) is 7.34. The lowest BCUT2D eigenvalue weighted by Crippen LogP contribution is -2.30. The van der Waals surface area contributed by atoms with Crippen molar-refractivity contribution < 1.29 is 28.6 Å². The summed E-state index contributed by atoms with van der Waals surface area (Å²) in [5.41, 5.74) is 0.145. The molecule has 0 aliphatic carbocycles. The monoisotopic (exact) mass is 478 g/mol. The van der Waals surface area contributed by atoms with Crippen molar-refractivity contribution in [1.82, 2.24) is 10.2 Å². The maximum atomic E-state index is 13.1. The number of carbonyl (C=O) groups is 2. The van der Waals surface area contributed by atoms with Gasteiger partial charge in [0.25, 0.3) is 11.6 Å². The second-order valence-electron chi connectivity index (χ2n) is 7.34. The van der Waals surface area contributed by atoms with Crippen molar-refractivity contribution >= 4 is 29.4 Å². The van der Waals surface area contributed by atoms with Crippen molar-refractivity contribution in [1.29, 1.82) is 0 Å². The Hall–Kier alpha value is -5.13. The maximum absolute atomic E-state index is 13.1. The summed E-state index contributed by atoms with van der Waals surface area (Å²) in [5.74, 6) is -0.950. The first-order valence-corrected chi connectivity index (χ1v) is 10.0. The topological polar surface area (TPSA) is 145 Å². The molecule has 1 fully saturated rings. The molecule has 0 spiro atoms. The van der Waals surface area contributed by atoms with Gasteiger partial charge < -0.3 is 10.1 Å². The number of imide groups is 1. The Labute approximate surface area is 196 Å². The van der Waals surface area contributed by atoms with Crippen LogP contribution in [0.4, 0.5) is 20.6 Å². The van der Waals surface area contributed by atoms with Gasteiger partial charge in [-0.1, -0.05) is 24.3 Å². The van der Waals surface area contributed by atoms with Crippen LogP contribution in [-0.4, -0.2) is 26.7 Å². The van der Waals surface area contributed by atoms with Crippen LogP contribution in [0.25, 0.3) is 6.08 Å². The number of nitro benzene ring substituents is 2. The molecule has 0 atom stereocenters. The van der Waals surface area contributed by atoms with Gasteiger partial charge in [-0.2, -0.15) is 0 Å². The van der Waals surface area contributed by atoms with Crippen molar-refractivity contribution in [3.8, 4) is 11.5 Å². The van der Waals surface area contributed by atoms with E-state index in [4.69, 9.17) is 4.74 Å². The number of amides is 3. The van der Waals surface area contributed by atoms with Crippen LogP contribution in [0, 0.1) is 26.0 Å². The lowest BCUT2D eigenvalue weighted by Gasteiger charge is -2.11. The predicted octanol–water partition coefficient (Wildman–Crippen LogP) is 4.53. The minimum atomic E-state index is -0.785. The highest BCUT2D eigenvalue weighted by atomic mass is 19.1. The quantitative estimate of drug-likeness (QED) is 0.227. The molecule has 1 heterocycles. The Morgan fingerprint density at radius 1 is 0.943 bits per heavy atom. The molecule has 35 heavy (non-hydrogen) atoms. The summed E-state index contributed by atoms with van der Waals surface area (Å²) in [5, 5.41) is 24.6. The molecule has 0 saturated carbocycles. The number of ether oxygens (including phenoxy) is 1. The SMILES string of the molecule is O=C1N/C(=C/c2ccc(Oc3ccc([N+](=O)[O-])cc3[N+](=O)[O-])cc2)C(=O)N1Cc1ccc(F)cc1. The van der Waals surface area contributed by atoms with E-state index in [1.165, 1.54) is 42.5 Å². The first-order valence-electron chi connectivity index (χ1n) is 10.0. The number of non-ortho nitro benzene ring substituents is 1. The van der Waals surface area contributed by atoms with E-state index in [0.717, 1.165) is 23.1 Å². The van der Waals surface area contributed by atoms with Gasteiger partial charge in [-0.3, -0.25) is 29.9 Å². The van der Waals surface area contributed by atoms with E-state index in [9.17, 15) is 34.2 Å². The summed E-state index contributed by atoms with van der Waals surface area (Å²) in [6.45, 7) is -0.0247. The van der Waals surface area contributed by atoms with Crippen LogP contribution in [0.3, 0.4) is 0 Å². The van der Waals surface area contributed by atoms with Crippen LogP contribution >= 0.6 is 0 Å². The Balaban J connectivity index is 1.48. The smallest absolute Gasteiger partial charge is 0.329 e. The zero-order chi connectivity index (χ0) is 25.1. The maximum Gasteiger partial charge on any atom is 0.329 e. The van der Waals surface area contributed by atoms with Gasteiger partial charge in [-0.15, -0.1) is 0 Å². The van der Waals surface area contributed by atoms with Crippen molar-refractivity contribution in [3.63, 3.8) is 0 Å². The number of carbonyl (C=O) groups excluding carboxylic acids is 2. The summed E-state index contributed by atoms with van der Waals surface area (Å²) in [4.78, 5) is 46.4. The molecule has 176 valence electrons. The van der Waals surface area contributed by atoms with Gasteiger partial charge in [-0.05, 0) is 47.5 Å². The number of rotatable bonds is 7. The molecule has 12 heteroatoms. The molecular weight excluding hydrogens is 463 g/mol. The van der Waals surface area contributed by atoms with Crippen LogP contribution < -0.4 is 10.1 Å². The van der Waals surface area contributed by atoms with Gasteiger partial charge in [0.2, 0.25) is 5.75 Å². The third kappa shape index (κ3) is 5.11. The minimum Gasteiger partial charge on any atom is -0.450 e. The fraction of sp³-hybridized carbons (Fsp3) is 0.0435. The van der Waals surface area contributed by atoms with Crippen molar-refractivity contribution in [2.45, 2.75) is 6.54 Å². The lowest BCUT2D eigenvalue weighted by atomic mass is 10.1. The molecule has 1 N–H and O–H groups in total. The summed E-state index contributed by atoms with van der Waals surface area (Å²) >= 11 is 0. The standard InChI is InChI=1S/C23H15FN4O7/c24-16-5-1-15(2-6-16)13-26-22(29)19(25-23(26)30)11-14-3-8-18(9-4-14)35-21-10-7-17(27(31)32)12-20(21)28(33)34/h1-12H,13H2,(H,25,30)/b19-11+. The van der Waals surface area contributed by atoms with E-state index < -0.39 is 39.0 Å². The van der Waals surface area contributed by atoms with E-state index in [1.54, 1.807) is 12.1 Å². The summed E-state index contributed by atoms with van der Waals surface area (Å²) in [7, 11) is 0. The number of hydrogen-bond acceptors (Lipinski definition) is 7. The fourth-order valence-electron chi connectivity index (χ4n) is 3.26. The highest BCUT2D eigenvalue weighted by Crippen LogP contribution is 2.34. The number of urea groups is 1. The van der Waals surface area contributed by atoms with Gasteiger partial charge in [0.05, 0.1) is 22.5 Å². The first-order chi connectivity index (χ1) is 16.7. The third-order valence-electron chi connectivity index (χ3n) is 4.99. The zero-order valence-electron chi connectivity index (χ0n) is 17.7. The average Bonchev–Trinajstić information content (AvgIpc) is 3.09. The molecule has 4 rings (SSSR count). The van der Waals surface area contributed by atoms with Gasteiger partial charge >= 0.3 is 11.7 Å². The van der Waals surface area contributed by atoms with E-state index >= 15 is 0 Å². The second kappa shape index (κ2) is 9.39. The van der Waals surface area contributed by atoms with E-state index in [2.05, 4.69) is 5.32 Å². The highest BCUT2D eigenvalue weighted by Gasteiger charge is 2.33. The lowest BCUT2D eigenvalue weighted by molar-refractivity contribution is -0.394. The van der Waals surface area contributed by atoms with E-state index in [1.807, 2.05) is 0 Å². The van der Waals surface area contributed by atoms with Crippen molar-refractivity contribution in [2.75, 3.05) is 0 Å². The first kappa shape index (κ1) is 23.0. The molecule has 1 aliphatic rings. The largest absolute Gasteiger partial charge is 0.450 e. The van der Waals surface area contributed by atoms with Crippen LogP contribution in [0.5, 0.6) is 11.5 Å². The van der Waals surface area contributed by atoms with Crippen LogP contribution in [0.1, 0.15) is 11.1 Å². The number of hydrogen-bond donors (Lipinski definition) is 1. The summed E-state index contributed by atoms with van der Waals surface area (Å²) in [6, 6.07) is 13.9. The molecule has 11 nitrogen and oxygen atoms in total. The Kier molecular flexibility index (Phi) is 6.18.